The van der Waals surface area contributed by atoms with Gasteiger partial charge in [0.2, 0.25) is 0 Å². The monoisotopic (exact) mass is 280 g/mol. The molecule has 5 unspecified atom stereocenters. The zero-order valence-corrected chi connectivity index (χ0v) is 12.0. The molecule has 112 valence electrons. The molecule has 2 aliphatic carbocycles. The Morgan fingerprint density at radius 3 is 2.80 bits per heavy atom. The number of rotatable bonds is 3. The summed E-state index contributed by atoms with van der Waals surface area (Å²) >= 11 is 0. The van der Waals surface area contributed by atoms with E-state index in [4.69, 9.17) is 4.74 Å². The Kier molecular flexibility index (Phi) is 3.63. The Hall–Kier alpha value is -0.870. The summed E-state index contributed by atoms with van der Waals surface area (Å²) in [5, 5.41) is 20.5. The topological polar surface area (TPSA) is 66.8 Å². The molecule has 3 rings (SSSR count). The third-order valence-corrected chi connectivity index (χ3v) is 5.55. The highest BCUT2D eigenvalue weighted by molar-refractivity contribution is 5.72. The van der Waals surface area contributed by atoms with E-state index in [-0.39, 0.29) is 29.3 Å². The van der Waals surface area contributed by atoms with E-state index >= 15 is 0 Å². The van der Waals surface area contributed by atoms with E-state index in [1.165, 1.54) is 12.8 Å². The van der Waals surface area contributed by atoms with Gasteiger partial charge in [-0.25, -0.2) is 0 Å². The SMILES string of the molecule is CC1(C(O)C=CC2C(O)CC3OC(=O)CC32)CCCC1. The lowest BCUT2D eigenvalue weighted by Crippen LogP contribution is -2.28. The first kappa shape index (κ1) is 14.1. The maximum atomic E-state index is 11.3. The van der Waals surface area contributed by atoms with E-state index < -0.39 is 12.2 Å². The van der Waals surface area contributed by atoms with Crippen molar-refractivity contribution in [2.75, 3.05) is 0 Å². The van der Waals surface area contributed by atoms with Crippen molar-refractivity contribution < 1.29 is 19.7 Å². The number of aliphatic hydroxyl groups excluding tert-OH is 2. The van der Waals surface area contributed by atoms with Crippen LogP contribution in [0.2, 0.25) is 0 Å². The maximum Gasteiger partial charge on any atom is 0.306 e. The van der Waals surface area contributed by atoms with E-state index in [1.54, 1.807) is 0 Å². The van der Waals surface area contributed by atoms with E-state index in [1.807, 2.05) is 12.2 Å². The molecule has 1 saturated heterocycles. The summed E-state index contributed by atoms with van der Waals surface area (Å²) in [6.45, 7) is 2.13. The summed E-state index contributed by atoms with van der Waals surface area (Å²) in [6, 6.07) is 0. The van der Waals surface area contributed by atoms with Crippen molar-refractivity contribution >= 4 is 5.97 Å². The molecule has 4 heteroatoms. The molecular formula is C16H24O4. The molecule has 0 aromatic carbocycles. The van der Waals surface area contributed by atoms with Gasteiger partial charge in [0.1, 0.15) is 6.10 Å². The largest absolute Gasteiger partial charge is 0.462 e. The van der Waals surface area contributed by atoms with Gasteiger partial charge in [-0.3, -0.25) is 4.79 Å². The number of hydrogen-bond acceptors (Lipinski definition) is 4. The molecule has 1 heterocycles. The van der Waals surface area contributed by atoms with Crippen molar-refractivity contribution in [2.45, 2.75) is 63.8 Å². The fraction of sp³-hybridized carbons (Fsp3) is 0.812. The lowest BCUT2D eigenvalue weighted by molar-refractivity contribution is -0.141. The minimum Gasteiger partial charge on any atom is -0.462 e. The van der Waals surface area contributed by atoms with Crippen LogP contribution in [0.5, 0.6) is 0 Å². The highest BCUT2D eigenvalue weighted by atomic mass is 16.6. The molecular weight excluding hydrogens is 256 g/mol. The number of esters is 1. The molecule has 3 aliphatic rings. The number of carbonyl (C=O) groups is 1. The lowest BCUT2D eigenvalue weighted by atomic mass is 9.81. The van der Waals surface area contributed by atoms with Crippen molar-refractivity contribution in [2.24, 2.45) is 17.3 Å². The number of hydrogen-bond donors (Lipinski definition) is 2. The lowest BCUT2D eigenvalue weighted by Gasteiger charge is -2.28. The first-order valence-electron chi connectivity index (χ1n) is 7.73. The van der Waals surface area contributed by atoms with Gasteiger partial charge in [-0.05, 0) is 18.3 Å². The third kappa shape index (κ3) is 2.40. The molecule has 0 spiro atoms. The predicted molar refractivity (Wildman–Crippen MR) is 73.8 cm³/mol. The van der Waals surface area contributed by atoms with E-state index in [9.17, 15) is 15.0 Å². The smallest absolute Gasteiger partial charge is 0.306 e. The van der Waals surface area contributed by atoms with Gasteiger partial charge in [0.15, 0.2) is 0 Å². The quantitative estimate of drug-likeness (QED) is 0.611. The van der Waals surface area contributed by atoms with Crippen LogP contribution in [0.3, 0.4) is 0 Å². The number of carbonyl (C=O) groups excluding carboxylic acids is 1. The van der Waals surface area contributed by atoms with Gasteiger partial charge in [0.25, 0.3) is 0 Å². The fourth-order valence-corrected chi connectivity index (χ4v) is 4.13. The Balaban J connectivity index is 1.67. The van der Waals surface area contributed by atoms with E-state index in [0.29, 0.717) is 12.8 Å². The van der Waals surface area contributed by atoms with Crippen molar-refractivity contribution in [1.29, 1.82) is 0 Å². The number of aliphatic hydroxyl groups is 2. The molecule has 0 radical (unpaired) electrons. The standard InChI is InChI=1S/C16H24O4/c1-16(6-2-3-7-16)14(18)5-4-10-11-8-15(19)20-13(11)9-12(10)17/h4-5,10-14,17-18H,2-3,6-9H2,1H3. The molecule has 0 amide bonds. The number of ether oxygens (including phenoxy) is 1. The minimum atomic E-state index is -0.464. The van der Waals surface area contributed by atoms with Gasteiger partial charge in [-0.1, -0.05) is 31.9 Å². The molecule has 5 atom stereocenters. The third-order valence-electron chi connectivity index (χ3n) is 5.55. The molecule has 20 heavy (non-hydrogen) atoms. The van der Waals surface area contributed by atoms with Crippen LogP contribution in [0.4, 0.5) is 0 Å². The number of fused-ring (bicyclic) bond motifs is 1. The molecule has 1 aliphatic heterocycles. The minimum absolute atomic E-state index is 0.0263. The Bertz CT molecular complexity index is 411. The molecule has 2 N–H and O–H groups in total. The van der Waals surface area contributed by atoms with Crippen LogP contribution in [0.25, 0.3) is 0 Å². The molecule has 4 nitrogen and oxygen atoms in total. The van der Waals surface area contributed by atoms with E-state index in [0.717, 1.165) is 12.8 Å². The van der Waals surface area contributed by atoms with Crippen LogP contribution < -0.4 is 0 Å². The second kappa shape index (κ2) is 5.15. The maximum absolute atomic E-state index is 11.3. The fourth-order valence-electron chi connectivity index (χ4n) is 4.13. The second-order valence-corrected chi connectivity index (χ2v) is 6.97. The summed E-state index contributed by atoms with van der Waals surface area (Å²) in [7, 11) is 0. The van der Waals surface area contributed by atoms with Crippen LogP contribution in [0, 0.1) is 17.3 Å². The highest BCUT2D eigenvalue weighted by Gasteiger charge is 2.48. The normalized spacial score (nSPS) is 41.0. The predicted octanol–water partition coefficient (Wildman–Crippen LogP) is 1.80. The van der Waals surface area contributed by atoms with Crippen LogP contribution >= 0.6 is 0 Å². The average molecular weight is 280 g/mol. The molecule has 3 fully saturated rings. The van der Waals surface area contributed by atoms with Crippen LogP contribution in [-0.4, -0.2) is 34.5 Å². The Morgan fingerprint density at radius 2 is 2.10 bits per heavy atom. The van der Waals surface area contributed by atoms with Crippen LogP contribution in [0.15, 0.2) is 12.2 Å². The van der Waals surface area contributed by atoms with E-state index in [2.05, 4.69) is 6.92 Å². The van der Waals surface area contributed by atoms with Gasteiger partial charge in [0, 0.05) is 18.3 Å². The average Bonchev–Trinajstić information content (AvgIpc) is 3.03. The van der Waals surface area contributed by atoms with Gasteiger partial charge < -0.3 is 14.9 Å². The Labute approximate surface area is 119 Å². The van der Waals surface area contributed by atoms with Gasteiger partial charge >= 0.3 is 5.97 Å². The van der Waals surface area contributed by atoms with Crippen molar-refractivity contribution in [3.63, 3.8) is 0 Å². The first-order chi connectivity index (χ1) is 9.49. The first-order valence-corrected chi connectivity index (χ1v) is 7.73. The summed E-state index contributed by atoms with van der Waals surface area (Å²) in [6.07, 6.45) is 8.09. The van der Waals surface area contributed by atoms with Gasteiger partial charge in [0.05, 0.1) is 18.6 Å². The summed E-state index contributed by atoms with van der Waals surface area (Å²) in [4.78, 5) is 11.3. The van der Waals surface area contributed by atoms with Crippen LogP contribution in [-0.2, 0) is 9.53 Å². The molecule has 2 saturated carbocycles. The van der Waals surface area contributed by atoms with Gasteiger partial charge in [-0.2, -0.15) is 0 Å². The Morgan fingerprint density at radius 1 is 1.40 bits per heavy atom. The second-order valence-electron chi connectivity index (χ2n) is 6.97. The van der Waals surface area contributed by atoms with Crippen molar-refractivity contribution in [3.8, 4) is 0 Å². The molecule has 0 aromatic rings. The van der Waals surface area contributed by atoms with Crippen molar-refractivity contribution in [3.05, 3.63) is 12.2 Å². The summed E-state index contributed by atoms with van der Waals surface area (Å²) < 4.78 is 5.22. The summed E-state index contributed by atoms with van der Waals surface area (Å²) in [5.41, 5.74) is -0.0263. The molecule has 0 aromatic heterocycles. The zero-order chi connectivity index (χ0) is 14.3. The van der Waals surface area contributed by atoms with Crippen molar-refractivity contribution in [1.82, 2.24) is 0 Å². The van der Waals surface area contributed by atoms with Crippen LogP contribution in [0.1, 0.15) is 45.4 Å². The summed E-state index contributed by atoms with van der Waals surface area (Å²) in [5.74, 6) is -0.142. The van der Waals surface area contributed by atoms with Gasteiger partial charge in [-0.15, -0.1) is 0 Å². The zero-order valence-electron chi connectivity index (χ0n) is 12.0. The molecule has 0 bridgehead atoms. The highest BCUT2D eigenvalue weighted by Crippen LogP contribution is 2.44.